The number of aromatic nitrogens is 3. The summed E-state index contributed by atoms with van der Waals surface area (Å²) in [7, 11) is 0. The summed E-state index contributed by atoms with van der Waals surface area (Å²) < 4.78 is 8.52. The largest absolute Gasteiger partial charge is 0.437 e. The molecule has 0 bridgehead atoms. The van der Waals surface area contributed by atoms with Gasteiger partial charge in [0.15, 0.2) is 0 Å². The van der Waals surface area contributed by atoms with Gasteiger partial charge in [0.2, 0.25) is 11.8 Å². The van der Waals surface area contributed by atoms with Crippen LogP contribution in [0.4, 0.5) is 5.69 Å². The Morgan fingerprint density at radius 1 is 0.955 bits per heavy atom. The molecule has 1 N–H and O–H groups in total. The number of fused-ring (bicyclic) bond motifs is 3. The number of carbonyl (C=O) groups excluding carboxylic acids is 1. The molecule has 8 nitrogen and oxygen atoms in total. The summed E-state index contributed by atoms with van der Waals surface area (Å²) in [5.41, 5.74) is 5.37. The quantitative estimate of drug-likeness (QED) is 0.278. The van der Waals surface area contributed by atoms with Crippen molar-refractivity contribution < 1.29 is 9.53 Å². The van der Waals surface area contributed by atoms with Crippen LogP contribution in [0.25, 0.3) is 22.3 Å². The normalized spacial score (nSPS) is 23.3. The van der Waals surface area contributed by atoms with Crippen LogP contribution in [-0.4, -0.2) is 63.6 Å². The third kappa shape index (κ3) is 4.53. The number of imidazole rings is 1. The minimum Gasteiger partial charge on any atom is -0.437 e. The number of hydrogen-bond donors (Lipinski definition) is 1. The molecule has 2 aromatic carbocycles. The number of likely N-dealkylation sites (tertiary alicyclic amines) is 1. The number of nitrogens with one attached hydrogen (secondary N) is 1. The average Bonchev–Trinajstić information content (AvgIpc) is 3.56. The van der Waals surface area contributed by atoms with Crippen LogP contribution in [-0.2, 0) is 10.2 Å². The van der Waals surface area contributed by atoms with Crippen LogP contribution in [0, 0.1) is 0 Å². The van der Waals surface area contributed by atoms with Crippen molar-refractivity contribution in [2.24, 2.45) is 0 Å². The summed E-state index contributed by atoms with van der Waals surface area (Å²) in [6.45, 7) is 8.43. The van der Waals surface area contributed by atoms with E-state index in [-0.39, 0.29) is 12.1 Å². The van der Waals surface area contributed by atoms with Crippen molar-refractivity contribution in [3.8, 4) is 22.9 Å². The fourth-order valence-corrected chi connectivity index (χ4v) is 8.04. The SMILES string of the molecule is CC(C)n1cnc2cc(-c3ccc4c(c3)N(C3CC(N5CCCCC5)C3)C(=O)C43CCNCC3)nc(Oc3ccccc3)c21. The van der Waals surface area contributed by atoms with Gasteiger partial charge in [-0.25, -0.2) is 9.97 Å². The second-order valence-corrected chi connectivity index (χ2v) is 13.5. The van der Waals surface area contributed by atoms with Gasteiger partial charge in [0.1, 0.15) is 11.3 Å². The smallest absolute Gasteiger partial charge is 0.246 e. The van der Waals surface area contributed by atoms with Crippen molar-refractivity contribution in [3.63, 3.8) is 0 Å². The monoisotopic (exact) mass is 590 g/mol. The Morgan fingerprint density at radius 2 is 1.73 bits per heavy atom. The van der Waals surface area contributed by atoms with Crippen LogP contribution < -0.4 is 15.0 Å². The summed E-state index contributed by atoms with van der Waals surface area (Å²) >= 11 is 0. The summed E-state index contributed by atoms with van der Waals surface area (Å²) in [5.74, 6) is 1.59. The molecule has 4 aromatic rings. The van der Waals surface area contributed by atoms with Crippen molar-refractivity contribution in [1.29, 1.82) is 0 Å². The minimum atomic E-state index is -0.426. The molecular formula is C36H42N6O2. The Hall–Kier alpha value is -3.75. The maximum atomic E-state index is 14.4. The molecule has 228 valence electrons. The molecule has 44 heavy (non-hydrogen) atoms. The first-order chi connectivity index (χ1) is 21.5. The Bertz CT molecular complexity index is 1680. The van der Waals surface area contributed by atoms with E-state index in [1.54, 1.807) is 0 Å². The van der Waals surface area contributed by atoms with Crippen molar-refractivity contribution in [2.45, 2.75) is 82.3 Å². The molecule has 1 aliphatic carbocycles. The third-order valence-corrected chi connectivity index (χ3v) is 10.5. The molecule has 0 unspecified atom stereocenters. The van der Waals surface area contributed by atoms with E-state index in [1.807, 2.05) is 36.7 Å². The van der Waals surface area contributed by atoms with Crippen LogP contribution in [0.15, 0.2) is 60.9 Å². The van der Waals surface area contributed by atoms with E-state index >= 15 is 0 Å². The number of nitrogens with zero attached hydrogens (tertiary/aromatic N) is 5. The first-order valence-electron chi connectivity index (χ1n) is 16.6. The van der Waals surface area contributed by atoms with E-state index in [4.69, 9.17) is 14.7 Å². The molecule has 2 saturated heterocycles. The Labute approximate surface area is 259 Å². The van der Waals surface area contributed by atoms with E-state index in [0.29, 0.717) is 17.8 Å². The maximum absolute atomic E-state index is 14.4. The lowest BCUT2D eigenvalue weighted by molar-refractivity contribution is -0.125. The summed E-state index contributed by atoms with van der Waals surface area (Å²) in [5, 5.41) is 3.49. The zero-order valence-electron chi connectivity index (χ0n) is 25.8. The van der Waals surface area contributed by atoms with Gasteiger partial charge in [0.05, 0.1) is 23.0 Å². The van der Waals surface area contributed by atoms with Crippen LogP contribution in [0.1, 0.15) is 70.4 Å². The van der Waals surface area contributed by atoms with E-state index in [0.717, 1.165) is 72.5 Å². The fourth-order valence-electron chi connectivity index (χ4n) is 8.04. The summed E-state index contributed by atoms with van der Waals surface area (Å²) in [4.78, 5) is 29.2. The Kier molecular flexibility index (Phi) is 6.94. The molecule has 0 radical (unpaired) electrons. The number of amides is 1. The number of ether oxygens (including phenoxy) is 1. The molecular weight excluding hydrogens is 548 g/mol. The van der Waals surface area contributed by atoms with Gasteiger partial charge in [0.25, 0.3) is 0 Å². The predicted octanol–water partition coefficient (Wildman–Crippen LogP) is 6.46. The van der Waals surface area contributed by atoms with Crippen LogP contribution >= 0.6 is 0 Å². The van der Waals surface area contributed by atoms with Crippen molar-refractivity contribution in [2.75, 3.05) is 31.1 Å². The van der Waals surface area contributed by atoms with Crippen LogP contribution in [0.3, 0.4) is 0 Å². The predicted molar refractivity (Wildman–Crippen MR) is 173 cm³/mol. The molecule has 1 spiro atoms. The fraction of sp³-hybridized carbons (Fsp3) is 0.472. The first kappa shape index (κ1) is 27.8. The average molecular weight is 591 g/mol. The second kappa shape index (κ2) is 11.0. The zero-order valence-corrected chi connectivity index (χ0v) is 25.8. The van der Waals surface area contributed by atoms with Crippen molar-refractivity contribution in [3.05, 3.63) is 66.5 Å². The van der Waals surface area contributed by atoms with Gasteiger partial charge in [-0.05, 0) is 108 Å². The minimum absolute atomic E-state index is 0.211. The molecule has 3 fully saturated rings. The lowest BCUT2D eigenvalue weighted by Crippen LogP contribution is -2.58. The van der Waals surface area contributed by atoms with Gasteiger partial charge in [-0.15, -0.1) is 0 Å². The van der Waals surface area contributed by atoms with Crippen molar-refractivity contribution >= 4 is 22.6 Å². The molecule has 8 heteroatoms. The van der Waals surface area contributed by atoms with Gasteiger partial charge in [-0.2, -0.15) is 0 Å². The molecule has 5 heterocycles. The summed E-state index contributed by atoms with van der Waals surface area (Å²) in [6.07, 6.45) is 9.65. The number of pyridine rings is 1. The lowest BCUT2D eigenvalue weighted by Gasteiger charge is -2.48. The van der Waals surface area contributed by atoms with Crippen molar-refractivity contribution in [1.82, 2.24) is 24.8 Å². The topological polar surface area (TPSA) is 75.5 Å². The zero-order chi connectivity index (χ0) is 29.8. The molecule has 8 rings (SSSR count). The van der Waals surface area contributed by atoms with E-state index in [1.165, 1.54) is 37.9 Å². The highest BCUT2D eigenvalue weighted by atomic mass is 16.5. The maximum Gasteiger partial charge on any atom is 0.246 e. The molecule has 3 aliphatic heterocycles. The highest BCUT2D eigenvalue weighted by molar-refractivity contribution is 6.09. The van der Waals surface area contributed by atoms with Crippen LogP contribution in [0.5, 0.6) is 11.6 Å². The van der Waals surface area contributed by atoms with Gasteiger partial charge in [-0.3, -0.25) is 4.79 Å². The molecule has 0 atom stereocenters. The number of piperidine rings is 2. The Balaban J connectivity index is 1.19. The lowest BCUT2D eigenvalue weighted by atomic mass is 9.74. The van der Waals surface area contributed by atoms with E-state index in [2.05, 4.69) is 57.8 Å². The number of rotatable bonds is 6. The Morgan fingerprint density at radius 3 is 2.48 bits per heavy atom. The van der Waals surface area contributed by atoms with Gasteiger partial charge in [-0.1, -0.05) is 36.8 Å². The number of anilines is 1. The van der Waals surface area contributed by atoms with Gasteiger partial charge >= 0.3 is 0 Å². The number of benzene rings is 2. The summed E-state index contributed by atoms with van der Waals surface area (Å²) in [6, 6.07) is 19.5. The first-order valence-corrected chi connectivity index (χ1v) is 16.6. The standard InChI is InChI=1S/C36H42N6O2/c1-24(2)41-23-38-31-22-30(39-34(33(31)41)44-28-9-5-3-6-10-28)25-11-12-29-32(19-25)42(35(43)36(29)13-15-37-16-14-36)27-20-26(21-27)40-17-7-4-8-18-40/h3,5-6,9-12,19,22-24,26-27,37H,4,7-8,13-18,20-21H2,1-2H3. The molecule has 1 amide bonds. The van der Waals surface area contributed by atoms with E-state index in [9.17, 15) is 4.79 Å². The number of hydrogen-bond acceptors (Lipinski definition) is 6. The highest BCUT2D eigenvalue weighted by Gasteiger charge is 2.54. The highest BCUT2D eigenvalue weighted by Crippen LogP contribution is 2.51. The van der Waals surface area contributed by atoms with Crippen LogP contribution in [0.2, 0.25) is 0 Å². The number of para-hydroxylation sites is 1. The van der Waals surface area contributed by atoms with Gasteiger partial charge < -0.3 is 24.4 Å². The second-order valence-electron chi connectivity index (χ2n) is 13.5. The van der Waals surface area contributed by atoms with Gasteiger partial charge in [0, 0.05) is 29.4 Å². The third-order valence-electron chi connectivity index (χ3n) is 10.5. The van der Waals surface area contributed by atoms with E-state index < -0.39 is 5.41 Å². The molecule has 1 saturated carbocycles. The molecule has 4 aliphatic rings. The molecule has 2 aromatic heterocycles. The number of carbonyl (C=O) groups is 1.